The number of ether oxygens (including phenoxy) is 1. The van der Waals surface area contributed by atoms with Gasteiger partial charge in [0.1, 0.15) is 0 Å². The Hall–Kier alpha value is -2.22. The highest BCUT2D eigenvalue weighted by atomic mass is 35.5. The first-order valence-corrected chi connectivity index (χ1v) is 9.58. The summed E-state index contributed by atoms with van der Waals surface area (Å²) in [6.45, 7) is 5.24. The summed E-state index contributed by atoms with van der Waals surface area (Å²) in [7, 11) is -4.01. The molecule has 2 N–H and O–H groups in total. The second-order valence-electron chi connectivity index (χ2n) is 5.90. The van der Waals surface area contributed by atoms with E-state index in [-0.39, 0.29) is 21.3 Å². The number of aryl methyl sites for hydroxylation is 2. The summed E-state index contributed by atoms with van der Waals surface area (Å²) in [6.07, 6.45) is -1.07. The quantitative estimate of drug-likeness (QED) is 0.619. The Bertz CT molecular complexity index is 985. The van der Waals surface area contributed by atoms with Gasteiger partial charge in [0.15, 0.2) is 6.10 Å². The van der Waals surface area contributed by atoms with E-state index in [0.29, 0.717) is 5.56 Å². The maximum absolute atomic E-state index is 12.5. The molecule has 138 valence electrons. The number of nitrogens with two attached hydrogens (primary N) is 1. The molecular formula is C18H18ClNO5S. The Labute approximate surface area is 157 Å². The van der Waals surface area contributed by atoms with Crippen LogP contribution in [0.25, 0.3) is 0 Å². The number of sulfonamides is 1. The number of carbonyl (C=O) groups excluding carboxylic acids is 2. The Morgan fingerprint density at radius 2 is 1.73 bits per heavy atom. The van der Waals surface area contributed by atoms with Crippen molar-refractivity contribution in [3.05, 3.63) is 63.7 Å². The molecule has 0 radical (unpaired) electrons. The van der Waals surface area contributed by atoms with Gasteiger partial charge in [-0.3, -0.25) is 4.79 Å². The van der Waals surface area contributed by atoms with Crippen LogP contribution in [0.15, 0.2) is 41.3 Å². The van der Waals surface area contributed by atoms with Crippen molar-refractivity contribution in [2.45, 2.75) is 31.8 Å². The lowest BCUT2D eigenvalue weighted by Gasteiger charge is -2.14. The van der Waals surface area contributed by atoms with Crippen LogP contribution in [0.3, 0.4) is 0 Å². The average Bonchev–Trinajstić information content (AvgIpc) is 2.55. The van der Waals surface area contributed by atoms with Crippen LogP contribution in [0.4, 0.5) is 0 Å². The molecule has 0 heterocycles. The second-order valence-corrected chi connectivity index (χ2v) is 7.87. The maximum atomic E-state index is 12.5. The zero-order valence-electron chi connectivity index (χ0n) is 14.4. The number of benzene rings is 2. The van der Waals surface area contributed by atoms with E-state index in [1.54, 1.807) is 12.1 Å². The van der Waals surface area contributed by atoms with Gasteiger partial charge in [0.25, 0.3) is 0 Å². The van der Waals surface area contributed by atoms with Crippen molar-refractivity contribution < 1.29 is 22.7 Å². The fraction of sp³-hybridized carbons (Fsp3) is 0.222. The minimum Gasteiger partial charge on any atom is -0.451 e. The number of rotatable bonds is 5. The van der Waals surface area contributed by atoms with Crippen LogP contribution in [0.1, 0.15) is 38.8 Å². The zero-order valence-corrected chi connectivity index (χ0v) is 16.0. The molecule has 0 aliphatic carbocycles. The molecule has 0 aliphatic rings. The Kier molecular flexibility index (Phi) is 5.85. The number of halogens is 1. The van der Waals surface area contributed by atoms with E-state index >= 15 is 0 Å². The van der Waals surface area contributed by atoms with Gasteiger partial charge in [-0.25, -0.2) is 18.4 Å². The Balaban J connectivity index is 2.23. The largest absolute Gasteiger partial charge is 0.451 e. The number of esters is 1. The summed E-state index contributed by atoms with van der Waals surface area (Å²) in [5.74, 6) is -1.29. The van der Waals surface area contributed by atoms with E-state index in [1.165, 1.54) is 19.1 Å². The Morgan fingerprint density at radius 3 is 2.31 bits per heavy atom. The van der Waals surface area contributed by atoms with Crippen LogP contribution in [0.2, 0.25) is 5.02 Å². The minimum absolute atomic E-state index is 0.00627. The molecule has 0 fully saturated rings. The van der Waals surface area contributed by atoms with E-state index < -0.39 is 22.1 Å². The Morgan fingerprint density at radius 1 is 1.08 bits per heavy atom. The third-order valence-electron chi connectivity index (χ3n) is 3.93. The lowest BCUT2D eigenvalue weighted by atomic mass is 10.0. The van der Waals surface area contributed by atoms with Gasteiger partial charge in [-0.2, -0.15) is 0 Å². The van der Waals surface area contributed by atoms with Gasteiger partial charge in [0.2, 0.25) is 15.8 Å². The van der Waals surface area contributed by atoms with Crippen LogP contribution in [0, 0.1) is 13.8 Å². The molecule has 0 saturated heterocycles. The van der Waals surface area contributed by atoms with Crippen molar-refractivity contribution in [1.82, 2.24) is 0 Å². The monoisotopic (exact) mass is 395 g/mol. The second kappa shape index (κ2) is 7.57. The molecule has 1 atom stereocenters. The van der Waals surface area contributed by atoms with Crippen molar-refractivity contribution in [2.24, 2.45) is 5.14 Å². The fourth-order valence-corrected chi connectivity index (χ4v) is 2.98. The first-order chi connectivity index (χ1) is 12.0. The van der Waals surface area contributed by atoms with E-state index in [0.717, 1.165) is 17.2 Å². The first kappa shape index (κ1) is 20.1. The summed E-state index contributed by atoms with van der Waals surface area (Å²) >= 11 is 5.94. The number of carbonyl (C=O) groups is 2. The predicted octanol–water partition coefficient (Wildman–Crippen LogP) is 3.03. The van der Waals surface area contributed by atoms with Crippen LogP contribution >= 0.6 is 11.6 Å². The first-order valence-electron chi connectivity index (χ1n) is 7.65. The van der Waals surface area contributed by atoms with Crippen molar-refractivity contribution >= 4 is 33.4 Å². The van der Waals surface area contributed by atoms with Gasteiger partial charge < -0.3 is 4.74 Å². The molecule has 0 bridgehead atoms. The van der Waals surface area contributed by atoms with E-state index in [4.69, 9.17) is 21.5 Å². The number of Topliss-reactive ketones (excluding diaryl/α,β-unsaturated/α-hetero) is 1. The van der Waals surface area contributed by atoms with E-state index in [2.05, 4.69) is 0 Å². The smallest absolute Gasteiger partial charge is 0.340 e. The van der Waals surface area contributed by atoms with Gasteiger partial charge in [-0.1, -0.05) is 23.7 Å². The van der Waals surface area contributed by atoms with Crippen molar-refractivity contribution in [3.63, 3.8) is 0 Å². The molecule has 0 aliphatic heterocycles. The SMILES string of the molecule is Cc1ccc(C(=O)[C@@H](C)OC(=O)c2cc(S(N)(=O)=O)ccc2Cl)cc1C. The number of hydrogen-bond acceptors (Lipinski definition) is 5. The van der Waals surface area contributed by atoms with Crippen LogP contribution < -0.4 is 5.14 Å². The highest BCUT2D eigenvalue weighted by Gasteiger charge is 2.23. The number of ketones is 1. The fourth-order valence-electron chi connectivity index (χ4n) is 2.24. The molecule has 0 saturated carbocycles. The molecule has 0 amide bonds. The van der Waals surface area contributed by atoms with Gasteiger partial charge in [0.05, 0.1) is 15.5 Å². The molecule has 0 aromatic heterocycles. The normalized spacial score (nSPS) is 12.5. The predicted molar refractivity (Wildman–Crippen MR) is 97.9 cm³/mol. The van der Waals surface area contributed by atoms with E-state index in [1.807, 2.05) is 19.9 Å². The summed E-state index contributed by atoms with van der Waals surface area (Å²) in [4.78, 5) is 24.5. The highest BCUT2D eigenvalue weighted by Crippen LogP contribution is 2.22. The van der Waals surface area contributed by atoms with E-state index in [9.17, 15) is 18.0 Å². The van der Waals surface area contributed by atoms with Crippen LogP contribution in [-0.2, 0) is 14.8 Å². The molecule has 0 unspecified atom stereocenters. The van der Waals surface area contributed by atoms with Crippen LogP contribution in [0.5, 0.6) is 0 Å². The number of hydrogen-bond donors (Lipinski definition) is 1. The van der Waals surface area contributed by atoms with Crippen LogP contribution in [-0.4, -0.2) is 26.3 Å². The zero-order chi connectivity index (χ0) is 19.6. The standard InChI is InChI=1S/C18H18ClNO5S/c1-10-4-5-13(8-11(10)2)17(21)12(3)25-18(22)15-9-14(26(20,23)24)6-7-16(15)19/h4-9,12H,1-3H3,(H2,20,23,24)/t12-/m1/s1. The molecule has 2 aromatic rings. The minimum atomic E-state index is -4.01. The topological polar surface area (TPSA) is 104 Å². The van der Waals surface area contributed by atoms with Gasteiger partial charge in [-0.05, 0) is 56.2 Å². The van der Waals surface area contributed by atoms with Gasteiger partial charge in [-0.15, -0.1) is 0 Å². The molecular weight excluding hydrogens is 378 g/mol. The lowest BCUT2D eigenvalue weighted by molar-refractivity contribution is 0.0318. The molecule has 8 heteroatoms. The maximum Gasteiger partial charge on any atom is 0.340 e. The van der Waals surface area contributed by atoms with Crippen molar-refractivity contribution in [3.8, 4) is 0 Å². The summed E-state index contributed by atoms with van der Waals surface area (Å²) in [5, 5.41) is 5.04. The van der Waals surface area contributed by atoms with Gasteiger partial charge in [0, 0.05) is 5.56 Å². The third-order valence-corrected chi connectivity index (χ3v) is 5.17. The summed E-state index contributed by atoms with van der Waals surface area (Å²) in [6, 6.07) is 8.61. The third kappa shape index (κ3) is 4.49. The summed E-state index contributed by atoms with van der Waals surface area (Å²) in [5.41, 5.74) is 2.21. The number of primary sulfonamides is 1. The highest BCUT2D eigenvalue weighted by molar-refractivity contribution is 7.89. The molecule has 26 heavy (non-hydrogen) atoms. The van der Waals surface area contributed by atoms with Crippen molar-refractivity contribution in [1.29, 1.82) is 0 Å². The molecule has 2 rings (SSSR count). The average molecular weight is 396 g/mol. The molecule has 6 nitrogen and oxygen atoms in total. The molecule has 0 spiro atoms. The lowest BCUT2D eigenvalue weighted by Crippen LogP contribution is -2.25. The van der Waals surface area contributed by atoms with Gasteiger partial charge >= 0.3 is 5.97 Å². The summed E-state index contributed by atoms with van der Waals surface area (Å²) < 4.78 is 28.0. The molecule has 2 aromatic carbocycles. The van der Waals surface area contributed by atoms with Crippen molar-refractivity contribution in [2.75, 3.05) is 0 Å².